The predicted molar refractivity (Wildman–Crippen MR) is 94.3 cm³/mol. The Balaban J connectivity index is 1.49. The van der Waals surface area contributed by atoms with E-state index in [4.69, 9.17) is 4.74 Å². The molecule has 0 N–H and O–H groups in total. The third-order valence-corrected chi connectivity index (χ3v) is 6.20. The molecule has 0 saturated carbocycles. The van der Waals surface area contributed by atoms with Gasteiger partial charge in [-0.05, 0) is 60.9 Å². The van der Waals surface area contributed by atoms with E-state index < -0.39 is 0 Å². The van der Waals surface area contributed by atoms with Gasteiger partial charge in [-0.3, -0.25) is 9.88 Å². The van der Waals surface area contributed by atoms with E-state index in [9.17, 15) is 0 Å². The first-order valence-electron chi connectivity index (χ1n) is 9.21. The lowest BCUT2D eigenvalue weighted by molar-refractivity contribution is 0.164. The first-order chi connectivity index (χ1) is 11.8. The number of aromatic nitrogens is 1. The molecule has 2 atom stereocenters. The summed E-state index contributed by atoms with van der Waals surface area (Å²) in [5.74, 6) is 1.08. The van der Waals surface area contributed by atoms with Crippen molar-refractivity contribution < 1.29 is 4.74 Å². The number of benzene rings is 1. The number of hydrogen-bond acceptors (Lipinski definition) is 3. The smallest absolute Gasteiger partial charge is 0.123 e. The van der Waals surface area contributed by atoms with Crippen molar-refractivity contribution in [2.45, 2.75) is 57.2 Å². The van der Waals surface area contributed by atoms with Gasteiger partial charge in [0.2, 0.25) is 0 Å². The fraction of sp³-hybridized carbons (Fsp3) is 0.476. The molecule has 0 radical (unpaired) electrons. The van der Waals surface area contributed by atoms with Crippen molar-refractivity contribution in [2.75, 3.05) is 7.11 Å². The number of hydrogen-bond donors (Lipinski definition) is 0. The molecule has 3 heterocycles. The third-order valence-electron chi connectivity index (χ3n) is 6.20. The summed E-state index contributed by atoms with van der Waals surface area (Å²) in [4.78, 5) is 7.33. The Kier molecular flexibility index (Phi) is 3.37. The second-order valence-electron chi connectivity index (χ2n) is 7.45. The van der Waals surface area contributed by atoms with Gasteiger partial charge in [0, 0.05) is 42.5 Å². The quantitative estimate of drug-likeness (QED) is 0.859. The van der Waals surface area contributed by atoms with Crippen molar-refractivity contribution in [3.63, 3.8) is 0 Å². The summed E-state index contributed by atoms with van der Waals surface area (Å²) in [5, 5.41) is 0. The van der Waals surface area contributed by atoms with Crippen LogP contribution < -0.4 is 4.74 Å². The average Bonchev–Trinajstić information content (AvgIpc) is 3.17. The summed E-state index contributed by atoms with van der Waals surface area (Å²) in [5.41, 5.74) is 7.17. The van der Waals surface area contributed by atoms with Crippen molar-refractivity contribution >= 4 is 0 Å². The number of ether oxygens (including phenoxy) is 1. The minimum atomic E-state index is 0.533. The highest BCUT2D eigenvalue weighted by Crippen LogP contribution is 2.44. The molecule has 24 heavy (non-hydrogen) atoms. The highest BCUT2D eigenvalue weighted by Gasteiger charge is 2.40. The first kappa shape index (κ1) is 14.5. The van der Waals surface area contributed by atoms with E-state index in [0.717, 1.165) is 18.7 Å². The molecular formula is C21H24N2O. The van der Waals surface area contributed by atoms with E-state index in [0.29, 0.717) is 12.1 Å². The molecule has 2 aliphatic heterocycles. The second kappa shape index (κ2) is 5.59. The summed E-state index contributed by atoms with van der Waals surface area (Å²) in [6.45, 7) is 1.00. The Bertz CT molecular complexity index is 785. The van der Waals surface area contributed by atoms with Crippen LogP contribution in [0.1, 0.15) is 53.3 Å². The fourth-order valence-electron chi connectivity index (χ4n) is 5.04. The molecule has 1 aliphatic carbocycles. The maximum Gasteiger partial charge on any atom is 0.123 e. The zero-order chi connectivity index (χ0) is 16.1. The molecule has 3 aliphatic rings. The Labute approximate surface area is 143 Å². The van der Waals surface area contributed by atoms with E-state index in [-0.39, 0.29) is 0 Å². The van der Waals surface area contributed by atoms with Gasteiger partial charge >= 0.3 is 0 Å². The first-order valence-corrected chi connectivity index (χ1v) is 9.21. The van der Waals surface area contributed by atoms with Gasteiger partial charge in [0.25, 0.3) is 0 Å². The topological polar surface area (TPSA) is 25.4 Å². The molecule has 3 heteroatoms. The molecule has 1 saturated heterocycles. The normalized spacial score (nSPS) is 24.7. The number of methoxy groups -OCH3 is 1. The van der Waals surface area contributed by atoms with Crippen molar-refractivity contribution in [1.82, 2.24) is 9.88 Å². The zero-order valence-electron chi connectivity index (χ0n) is 14.3. The van der Waals surface area contributed by atoms with Gasteiger partial charge in [-0.1, -0.05) is 12.1 Å². The Morgan fingerprint density at radius 1 is 1.21 bits per heavy atom. The summed E-state index contributed by atoms with van der Waals surface area (Å²) >= 11 is 0. The molecule has 1 aromatic carbocycles. The minimum Gasteiger partial charge on any atom is -0.496 e. The summed E-state index contributed by atoms with van der Waals surface area (Å²) in [7, 11) is 1.81. The molecular weight excluding hydrogens is 296 g/mol. The van der Waals surface area contributed by atoms with E-state index in [1.54, 1.807) is 0 Å². The van der Waals surface area contributed by atoms with E-state index in [2.05, 4.69) is 34.1 Å². The minimum absolute atomic E-state index is 0.533. The number of pyridine rings is 1. The largest absolute Gasteiger partial charge is 0.496 e. The maximum atomic E-state index is 5.73. The van der Waals surface area contributed by atoms with Gasteiger partial charge in [-0.15, -0.1) is 0 Å². The van der Waals surface area contributed by atoms with Crippen LogP contribution in [0.25, 0.3) is 0 Å². The molecule has 1 fully saturated rings. The van der Waals surface area contributed by atoms with Crippen LogP contribution in [0.4, 0.5) is 0 Å². The van der Waals surface area contributed by atoms with Crippen LogP contribution in [0.15, 0.2) is 30.5 Å². The van der Waals surface area contributed by atoms with Crippen LogP contribution in [0.5, 0.6) is 5.75 Å². The number of rotatable bonds is 3. The van der Waals surface area contributed by atoms with Crippen LogP contribution >= 0.6 is 0 Å². The lowest BCUT2D eigenvalue weighted by atomic mass is 9.96. The molecule has 0 unspecified atom stereocenters. The number of nitrogens with zero attached hydrogens (tertiary/aromatic N) is 2. The Morgan fingerprint density at radius 2 is 2.08 bits per heavy atom. The van der Waals surface area contributed by atoms with Crippen molar-refractivity contribution in [3.05, 3.63) is 58.4 Å². The van der Waals surface area contributed by atoms with Crippen LogP contribution in [-0.2, 0) is 25.8 Å². The summed E-state index contributed by atoms with van der Waals surface area (Å²) < 4.78 is 5.73. The van der Waals surface area contributed by atoms with E-state index >= 15 is 0 Å². The monoisotopic (exact) mass is 320 g/mol. The maximum absolute atomic E-state index is 5.73. The van der Waals surface area contributed by atoms with E-state index in [1.165, 1.54) is 60.1 Å². The lowest BCUT2D eigenvalue weighted by Gasteiger charge is -2.36. The molecule has 124 valence electrons. The Hall–Kier alpha value is -1.87. The van der Waals surface area contributed by atoms with E-state index in [1.807, 2.05) is 13.3 Å². The highest BCUT2D eigenvalue weighted by atomic mass is 16.5. The van der Waals surface area contributed by atoms with Crippen LogP contribution in [0, 0.1) is 0 Å². The van der Waals surface area contributed by atoms with Crippen molar-refractivity contribution in [3.8, 4) is 5.75 Å². The van der Waals surface area contributed by atoms with Gasteiger partial charge < -0.3 is 4.74 Å². The SMILES string of the molecule is COc1cc2c(cc1CN1[C@@H]3CC[C@@H]1c1cccnc1C3)CCC2. The molecule has 3 nitrogen and oxygen atoms in total. The van der Waals surface area contributed by atoms with Crippen molar-refractivity contribution in [1.29, 1.82) is 0 Å². The van der Waals surface area contributed by atoms with Crippen LogP contribution in [-0.4, -0.2) is 23.0 Å². The average molecular weight is 320 g/mol. The molecule has 1 aromatic heterocycles. The van der Waals surface area contributed by atoms with Gasteiger partial charge in [-0.25, -0.2) is 0 Å². The van der Waals surface area contributed by atoms with Crippen LogP contribution in [0.2, 0.25) is 0 Å². The van der Waals surface area contributed by atoms with Crippen LogP contribution in [0.3, 0.4) is 0 Å². The molecule has 0 amide bonds. The zero-order valence-corrected chi connectivity index (χ0v) is 14.3. The molecule has 5 rings (SSSR count). The standard InChI is InChI=1S/C21H24N2O/c1-24-21-11-15-5-2-4-14(15)10-16(21)13-23-17-7-8-20(23)18-6-3-9-22-19(18)12-17/h3,6,9-11,17,20H,2,4-5,7-8,12-13H2,1H3/t17-,20-/m1/s1. The Morgan fingerprint density at radius 3 is 2.96 bits per heavy atom. The molecule has 2 bridgehead atoms. The predicted octanol–water partition coefficient (Wildman–Crippen LogP) is 3.84. The number of fused-ring (bicyclic) bond motifs is 5. The number of aryl methyl sites for hydroxylation is 2. The summed E-state index contributed by atoms with van der Waals surface area (Å²) in [6, 6.07) is 10.2. The van der Waals surface area contributed by atoms with Gasteiger partial charge in [0.1, 0.15) is 5.75 Å². The van der Waals surface area contributed by atoms with Crippen molar-refractivity contribution in [2.24, 2.45) is 0 Å². The second-order valence-corrected chi connectivity index (χ2v) is 7.45. The fourth-order valence-corrected chi connectivity index (χ4v) is 5.04. The highest BCUT2D eigenvalue weighted by molar-refractivity contribution is 5.45. The van der Waals surface area contributed by atoms with Gasteiger partial charge in [-0.2, -0.15) is 0 Å². The third kappa shape index (κ3) is 2.18. The van der Waals surface area contributed by atoms with Gasteiger partial charge in [0.15, 0.2) is 0 Å². The summed E-state index contributed by atoms with van der Waals surface area (Å²) in [6.07, 6.45) is 9.31. The van der Waals surface area contributed by atoms with Gasteiger partial charge in [0.05, 0.1) is 7.11 Å². The molecule has 2 aromatic rings. The lowest BCUT2D eigenvalue weighted by Crippen LogP contribution is -2.37. The molecule has 0 spiro atoms.